The minimum atomic E-state index is -1.05. The number of aliphatic hydroxyl groups is 1. The quantitative estimate of drug-likeness (QED) is 0.318. The fraction of sp³-hybridized carbons (Fsp3) is 0.406. The first-order valence-corrected chi connectivity index (χ1v) is 14.0. The molecule has 1 N–H and O–H groups in total. The molecule has 0 radical (unpaired) electrons. The first kappa shape index (κ1) is 28.2. The second-order valence-corrected chi connectivity index (χ2v) is 10.9. The standard InChI is InChI=1S/C32H32F2O8/c1-37-30(35)14-19-17-39-29-16-21(2-4-22(19)29)42-28-8-5-23-26(9-6-24(33)31(23)28)41-20-3-7-27(25(34)15-20)40-18-32(36)10-12-38-13-11-32/h2-4,6-7,9,15-16,19,28,36H,5,8,10-14,17-18H2,1H3/t19-,28-/m1/s1. The Morgan fingerprint density at radius 2 is 1.81 bits per heavy atom. The molecule has 42 heavy (non-hydrogen) atoms. The van der Waals surface area contributed by atoms with E-state index in [0.29, 0.717) is 73.9 Å². The second-order valence-electron chi connectivity index (χ2n) is 10.9. The number of carbonyl (C=O) groups is 1. The highest BCUT2D eigenvalue weighted by molar-refractivity contribution is 5.71. The summed E-state index contributed by atoms with van der Waals surface area (Å²) in [6.07, 6.45) is 1.58. The van der Waals surface area contributed by atoms with Crippen molar-refractivity contribution in [1.29, 1.82) is 0 Å². The minimum Gasteiger partial charge on any atom is -0.492 e. The fourth-order valence-electron chi connectivity index (χ4n) is 5.70. The van der Waals surface area contributed by atoms with E-state index in [2.05, 4.69) is 0 Å². The molecule has 10 heteroatoms. The van der Waals surface area contributed by atoms with Crippen molar-refractivity contribution >= 4 is 5.97 Å². The number of ether oxygens (including phenoxy) is 6. The average molecular weight is 583 g/mol. The third kappa shape index (κ3) is 5.87. The van der Waals surface area contributed by atoms with E-state index in [1.807, 2.05) is 6.07 Å². The summed E-state index contributed by atoms with van der Waals surface area (Å²) in [6.45, 7) is 1.21. The molecule has 0 spiro atoms. The lowest BCUT2D eigenvalue weighted by Gasteiger charge is -2.31. The zero-order chi connectivity index (χ0) is 29.3. The molecule has 0 aromatic heterocycles. The number of benzene rings is 3. The van der Waals surface area contributed by atoms with Gasteiger partial charge in [-0.3, -0.25) is 4.79 Å². The van der Waals surface area contributed by atoms with Crippen LogP contribution in [-0.2, 0) is 20.7 Å². The van der Waals surface area contributed by atoms with Gasteiger partial charge in [-0.25, -0.2) is 8.78 Å². The molecule has 0 saturated carbocycles. The van der Waals surface area contributed by atoms with Crippen LogP contribution in [0.25, 0.3) is 0 Å². The summed E-state index contributed by atoms with van der Waals surface area (Å²) in [5, 5.41) is 10.6. The van der Waals surface area contributed by atoms with Crippen LogP contribution in [-0.4, -0.2) is 50.2 Å². The summed E-state index contributed by atoms with van der Waals surface area (Å²) in [5.74, 6) is 0.402. The lowest BCUT2D eigenvalue weighted by Crippen LogP contribution is -2.41. The molecule has 1 fully saturated rings. The maximum Gasteiger partial charge on any atom is 0.306 e. The average Bonchev–Trinajstić information content (AvgIpc) is 3.59. The molecule has 3 aromatic carbocycles. The first-order valence-electron chi connectivity index (χ1n) is 14.0. The molecular formula is C32H32F2O8. The summed E-state index contributed by atoms with van der Waals surface area (Å²) in [7, 11) is 1.36. The van der Waals surface area contributed by atoms with Crippen LogP contribution in [0.3, 0.4) is 0 Å². The molecule has 2 heterocycles. The molecular weight excluding hydrogens is 550 g/mol. The van der Waals surface area contributed by atoms with Gasteiger partial charge in [0.05, 0.1) is 20.1 Å². The Kier molecular flexibility index (Phi) is 7.92. The van der Waals surface area contributed by atoms with E-state index >= 15 is 4.39 Å². The van der Waals surface area contributed by atoms with Crippen molar-refractivity contribution < 1.29 is 47.1 Å². The van der Waals surface area contributed by atoms with Gasteiger partial charge in [-0.05, 0) is 43.2 Å². The smallest absolute Gasteiger partial charge is 0.306 e. The Hall–Kier alpha value is -3.89. The zero-order valence-electron chi connectivity index (χ0n) is 23.2. The van der Waals surface area contributed by atoms with E-state index < -0.39 is 23.3 Å². The summed E-state index contributed by atoms with van der Waals surface area (Å²) < 4.78 is 63.5. The van der Waals surface area contributed by atoms with E-state index in [0.717, 1.165) is 5.56 Å². The third-order valence-corrected chi connectivity index (χ3v) is 8.07. The maximum atomic E-state index is 15.1. The Morgan fingerprint density at radius 3 is 2.60 bits per heavy atom. The molecule has 3 aromatic rings. The molecule has 3 aliphatic rings. The number of rotatable bonds is 9. The van der Waals surface area contributed by atoms with Crippen LogP contribution in [0.15, 0.2) is 48.5 Å². The van der Waals surface area contributed by atoms with Crippen molar-refractivity contribution in [2.24, 2.45) is 0 Å². The number of hydrogen-bond acceptors (Lipinski definition) is 8. The summed E-state index contributed by atoms with van der Waals surface area (Å²) in [4.78, 5) is 11.7. The Labute approximate surface area is 242 Å². The molecule has 1 aliphatic carbocycles. The van der Waals surface area contributed by atoms with Crippen molar-refractivity contribution in [1.82, 2.24) is 0 Å². The lowest BCUT2D eigenvalue weighted by molar-refractivity contribution is -0.141. The molecule has 2 atom stereocenters. The minimum absolute atomic E-state index is 0.00927. The van der Waals surface area contributed by atoms with E-state index in [-0.39, 0.29) is 36.4 Å². The van der Waals surface area contributed by atoms with E-state index in [1.54, 1.807) is 18.2 Å². The number of carbonyl (C=O) groups excluding carboxylic acids is 1. The maximum absolute atomic E-state index is 15.1. The van der Waals surface area contributed by atoms with Crippen LogP contribution >= 0.6 is 0 Å². The van der Waals surface area contributed by atoms with E-state index in [9.17, 15) is 14.3 Å². The number of methoxy groups -OCH3 is 1. The molecule has 6 rings (SSSR count). The van der Waals surface area contributed by atoms with E-state index in [4.69, 9.17) is 28.4 Å². The summed E-state index contributed by atoms with van der Waals surface area (Å²) >= 11 is 0. The number of fused-ring (bicyclic) bond motifs is 2. The molecule has 222 valence electrons. The number of hydrogen-bond donors (Lipinski definition) is 1. The highest BCUT2D eigenvalue weighted by Gasteiger charge is 2.33. The molecule has 2 aliphatic heterocycles. The first-order chi connectivity index (χ1) is 20.3. The van der Waals surface area contributed by atoms with Crippen molar-refractivity contribution in [3.05, 3.63) is 76.9 Å². The van der Waals surface area contributed by atoms with Gasteiger partial charge in [-0.15, -0.1) is 0 Å². The van der Waals surface area contributed by atoms with Gasteiger partial charge in [0.15, 0.2) is 11.6 Å². The van der Waals surface area contributed by atoms with Gasteiger partial charge < -0.3 is 33.5 Å². The van der Waals surface area contributed by atoms with Crippen LogP contribution in [0.1, 0.15) is 54.4 Å². The fourth-order valence-corrected chi connectivity index (χ4v) is 5.70. The predicted octanol–water partition coefficient (Wildman–Crippen LogP) is 5.78. The lowest BCUT2D eigenvalue weighted by atomic mass is 9.96. The third-order valence-electron chi connectivity index (χ3n) is 8.07. The highest BCUT2D eigenvalue weighted by atomic mass is 19.1. The molecule has 0 unspecified atom stereocenters. The van der Waals surface area contributed by atoms with Crippen LogP contribution in [0.2, 0.25) is 0 Å². The van der Waals surface area contributed by atoms with Crippen LogP contribution in [0.4, 0.5) is 8.78 Å². The summed E-state index contributed by atoms with van der Waals surface area (Å²) in [5.41, 5.74) is 0.928. The van der Waals surface area contributed by atoms with Crippen LogP contribution in [0.5, 0.6) is 28.7 Å². The SMILES string of the molecule is COC(=O)C[C@@H]1COc2cc(O[C@@H]3CCc4c(Oc5ccc(OCC6(O)CCOCC6)c(F)c5)ccc(F)c43)ccc21. The van der Waals surface area contributed by atoms with Crippen molar-refractivity contribution in [3.63, 3.8) is 0 Å². The second kappa shape index (κ2) is 11.8. The van der Waals surface area contributed by atoms with Gasteiger partial charge in [0.1, 0.15) is 47.1 Å². The van der Waals surface area contributed by atoms with Gasteiger partial charge in [-0.2, -0.15) is 0 Å². The van der Waals surface area contributed by atoms with Crippen LogP contribution < -0.4 is 18.9 Å². The molecule has 0 bridgehead atoms. The van der Waals surface area contributed by atoms with Gasteiger partial charge in [0.25, 0.3) is 0 Å². The van der Waals surface area contributed by atoms with Gasteiger partial charge in [0, 0.05) is 60.8 Å². The van der Waals surface area contributed by atoms with Crippen molar-refractivity contribution in [2.75, 3.05) is 33.5 Å². The van der Waals surface area contributed by atoms with Crippen LogP contribution in [0, 0.1) is 11.6 Å². The largest absolute Gasteiger partial charge is 0.492 e. The van der Waals surface area contributed by atoms with E-state index in [1.165, 1.54) is 31.4 Å². The topological polar surface area (TPSA) is 92.7 Å². The summed E-state index contributed by atoms with van der Waals surface area (Å²) in [6, 6.07) is 12.5. The van der Waals surface area contributed by atoms with Gasteiger partial charge >= 0.3 is 5.97 Å². The Morgan fingerprint density at radius 1 is 1.02 bits per heavy atom. The van der Waals surface area contributed by atoms with Crippen molar-refractivity contribution in [3.8, 4) is 28.7 Å². The monoisotopic (exact) mass is 582 g/mol. The van der Waals surface area contributed by atoms with Crippen molar-refractivity contribution in [2.45, 2.75) is 49.7 Å². The zero-order valence-corrected chi connectivity index (χ0v) is 23.2. The normalized spacial score (nSPS) is 20.3. The van der Waals surface area contributed by atoms with Gasteiger partial charge in [0.2, 0.25) is 0 Å². The Bertz CT molecular complexity index is 1470. The molecule has 0 amide bonds. The predicted molar refractivity (Wildman–Crippen MR) is 146 cm³/mol. The molecule has 1 saturated heterocycles. The van der Waals surface area contributed by atoms with Gasteiger partial charge in [-0.1, -0.05) is 6.07 Å². The highest BCUT2D eigenvalue weighted by Crippen LogP contribution is 2.44. The number of esters is 1. The number of halogens is 2. The Balaban J connectivity index is 1.14. The molecule has 8 nitrogen and oxygen atoms in total.